The Labute approximate surface area is 179 Å². The van der Waals surface area contributed by atoms with Crippen LogP contribution >= 0.6 is 0 Å². The monoisotopic (exact) mass is 422 g/mol. The van der Waals surface area contributed by atoms with Crippen molar-refractivity contribution in [2.45, 2.75) is 20.0 Å². The van der Waals surface area contributed by atoms with Gasteiger partial charge in [-0.2, -0.15) is 0 Å². The predicted molar refractivity (Wildman–Crippen MR) is 114 cm³/mol. The normalized spacial score (nSPS) is 11.3. The molecule has 0 fully saturated rings. The molecule has 0 spiro atoms. The number of benzene rings is 2. The highest BCUT2D eigenvalue weighted by Crippen LogP contribution is 2.17. The van der Waals surface area contributed by atoms with Crippen molar-refractivity contribution in [1.29, 1.82) is 0 Å². The molecular formula is C23H22N2O6. The van der Waals surface area contributed by atoms with Crippen molar-refractivity contribution in [3.8, 4) is 5.75 Å². The average molecular weight is 422 g/mol. The van der Waals surface area contributed by atoms with Gasteiger partial charge in [0.05, 0.1) is 18.4 Å². The smallest absolute Gasteiger partial charge is 0.338 e. The molecule has 31 heavy (non-hydrogen) atoms. The third-order valence-corrected chi connectivity index (χ3v) is 4.21. The van der Waals surface area contributed by atoms with Crippen molar-refractivity contribution in [2.75, 3.05) is 17.2 Å². The lowest BCUT2D eigenvalue weighted by Gasteiger charge is -2.14. The maximum atomic E-state index is 12.3. The van der Waals surface area contributed by atoms with Crippen molar-refractivity contribution in [3.63, 3.8) is 0 Å². The van der Waals surface area contributed by atoms with E-state index >= 15 is 0 Å². The Morgan fingerprint density at radius 1 is 0.935 bits per heavy atom. The molecule has 160 valence electrons. The summed E-state index contributed by atoms with van der Waals surface area (Å²) in [6.07, 6.45) is 0.402. The van der Waals surface area contributed by atoms with Gasteiger partial charge < -0.3 is 24.5 Å². The van der Waals surface area contributed by atoms with E-state index in [9.17, 15) is 14.4 Å². The van der Waals surface area contributed by atoms with Crippen LogP contribution in [0.2, 0.25) is 0 Å². The predicted octanol–water partition coefficient (Wildman–Crippen LogP) is 4.11. The summed E-state index contributed by atoms with van der Waals surface area (Å²) in [5, 5.41) is 5.33. The van der Waals surface area contributed by atoms with Crippen LogP contribution in [0.5, 0.6) is 5.75 Å². The Morgan fingerprint density at radius 3 is 2.19 bits per heavy atom. The minimum atomic E-state index is -1.00. The number of nitrogens with one attached hydrogen (secondary N) is 2. The summed E-state index contributed by atoms with van der Waals surface area (Å²) in [6, 6.07) is 16.1. The first kappa shape index (κ1) is 21.6. The number of rotatable bonds is 8. The maximum Gasteiger partial charge on any atom is 0.338 e. The molecule has 0 saturated carbocycles. The zero-order valence-electron chi connectivity index (χ0n) is 17.1. The van der Waals surface area contributed by atoms with E-state index in [-0.39, 0.29) is 11.3 Å². The summed E-state index contributed by atoms with van der Waals surface area (Å²) in [5.74, 6) is -0.641. The fourth-order valence-electron chi connectivity index (χ4n) is 2.62. The molecule has 8 heteroatoms. The molecule has 1 atom stereocenters. The minimum Gasteiger partial charge on any atom is -0.494 e. The van der Waals surface area contributed by atoms with Gasteiger partial charge in [-0.1, -0.05) is 0 Å². The second-order valence-corrected chi connectivity index (χ2v) is 6.50. The third-order valence-electron chi connectivity index (χ3n) is 4.21. The number of ether oxygens (including phenoxy) is 2. The molecule has 0 bridgehead atoms. The van der Waals surface area contributed by atoms with E-state index in [1.165, 1.54) is 25.3 Å². The van der Waals surface area contributed by atoms with Gasteiger partial charge >= 0.3 is 5.97 Å². The summed E-state index contributed by atoms with van der Waals surface area (Å²) in [4.78, 5) is 36.6. The van der Waals surface area contributed by atoms with E-state index in [0.717, 1.165) is 0 Å². The summed E-state index contributed by atoms with van der Waals surface area (Å²) in [6.45, 7) is 3.92. The molecule has 1 unspecified atom stereocenters. The Hall–Kier alpha value is -4.07. The average Bonchev–Trinajstić information content (AvgIpc) is 3.31. The van der Waals surface area contributed by atoms with Crippen LogP contribution < -0.4 is 15.4 Å². The van der Waals surface area contributed by atoms with E-state index in [1.807, 2.05) is 6.92 Å². The van der Waals surface area contributed by atoms with Crippen LogP contribution in [0.1, 0.15) is 34.8 Å². The first-order valence-corrected chi connectivity index (χ1v) is 9.66. The molecule has 0 saturated heterocycles. The van der Waals surface area contributed by atoms with Crippen LogP contribution in [0.3, 0.4) is 0 Å². The maximum absolute atomic E-state index is 12.3. The molecule has 2 amide bonds. The second-order valence-electron chi connectivity index (χ2n) is 6.50. The third kappa shape index (κ3) is 5.96. The van der Waals surface area contributed by atoms with Gasteiger partial charge in [0.15, 0.2) is 11.9 Å². The zero-order chi connectivity index (χ0) is 22.2. The fraction of sp³-hybridized carbons (Fsp3) is 0.174. The number of anilines is 2. The van der Waals surface area contributed by atoms with Crippen molar-refractivity contribution in [3.05, 3.63) is 78.3 Å². The van der Waals surface area contributed by atoms with Gasteiger partial charge in [-0.05, 0) is 74.5 Å². The van der Waals surface area contributed by atoms with Crippen LogP contribution in [0, 0.1) is 0 Å². The summed E-state index contributed by atoms with van der Waals surface area (Å²) in [7, 11) is 0. The molecule has 1 aromatic heterocycles. The van der Waals surface area contributed by atoms with Gasteiger partial charge in [0, 0.05) is 11.4 Å². The Morgan fingerprint density at radius 2 is 1.58 bits per heavy atom. The Balaban J connectivity index is 1.52. The van der Waals surface area contributed by atoms with Crippen LogP contribution in [-0.2, 0) is 9.53 Å². The van der Waals surface area contributed by atoms with Gasteiger partial charge in [-0.3, -0.25) is 9.59 Å². The van der Waals surface area contributed by atoms with Crippen LogP contribution in [-0.4, -0.2) is 30.5 Å². The topological polar surface area (TPSA) is 107 Å². The lowest BCUT2D eigenvalue weighted by Crippen LogP contribution is -2.30. The summed E-state index contributed by atoms with van der Waals surface area (Å²) in [5.41, 5.74) is 1.30. The summed E-state index contributed by atoms with van der Waals surface area (Å²) >= 11 is 0. The van der Waals surface area contributed by atoms with Crippen molar-refractivity contribution < 1.29 is 28.3 Å². The Kier molecular flexibility index (Phi) is 7.05. The van der Waals surface area contributed by atoms with Gasteiger partial charge in [0.25, 0.3) is 11.8 Å². The number of furan rings is 1. The molecule has 8 nitrogen and oxygen atoms in total. The Bertz CT molecular complexity index is 1030. The fourth-order valence-corrected chi connectivity index (χ4v) is 2.62. The minimum absolute atomic E-state index is 0.177. The molecule has 0 aliphatic heterocycles. The van der Waals surface area contributed by atoms with Gasteiger partial charge in [0.1, 0.15) is 5.75 Å². The molecule has 3 aromatic rings. The zero-order valence-corrected chi connectivity index (χ0v) is 17.1. The molecule has 0 radical (unpaired) electrons. The van der Waals surface area contributed by atoms with Crippen molar-refractivity contribution in [1.82, 2.24) is 0 Å². The van der Waals surface area contributed by atoms with Gasteiger partial charge in [-0.25, -0.2) is 4.79 Å². The first-order chi connectivity index (χ1) is 15.0. The van der Waals surface area contributed by atoms with Crippen LogP contribution in [0.25, 0.3) is 0 Å². The van der Waals surface area contributed by atoms with E-state index in [1.54, 1.807) is 48.5 Å². The highest BCUT2D eigenvalue weighted by molar-refractivity contribution is 6.02. The number of hydrogen-bond donors (Lipinski definition) is 2. The highest BCUT2D eigenvalue weighted by atomic mass is 16.5. The molecule has 1 heterocycles. The van der Waals surface area contributed by atoms with E-state index in [4.69, 9.17) is 13.9 Å². The number of esters is 1. The largest absolute Gasteiger partial charge is 0.494 e. The van der Waals surface area contributed by atoms with Gasteiger partial charge in [0.2, 0.25) is 0 Å². The number of carbonyl (C=O) groups is 3. The van der Waals surface area contributed by atoms with E-state index in [0.29, 0.717) is 23.7 Å². The summed E-state index contributed by atoms with van der Waals surface area (Å²) < 4.78 is 15.6. The number of amides is 2. The second kappa shape index (κ2) is 10.1. The lowest BCUT2D eigenvalue weighted by atomic mass is 10.2. The first-order valence-electron chi connectivity index (χ1n) is 9.66. The lowest BCUT2D eigenvalue weighted by molar-refractivity contribution is -0.123. The standard InChI is InChI=1S/C23H22N2O6/c1-3-29-19-12-10-18(11-13-19)24-21(26)15(2)31-23(28)16-6-8-17(9-7-16)25-22(27)20-5-4-14-30-20/h4-15H,3H2,1-2H3,(H,24,26)(H,25,27). The molecule has 3 rings (SSSR count). The van der Waals surface area contributed by atoms with E-state index in [2.05, 4.69) is 10.6 Å². The van der Waals surface area contributed by atoms with Gasteiger partial charge in [-0.15, -0.1) is 0 Å². The molecular weight excluding hydrogens is 400 g/mol. The van der Waals surface area contributed by atoms with Crippen molar-refractivity contribution in [2.24, 2.45) is 0 Å². The molecule has 2 N–H and O–H groups in total. The SMILES string of the molecule is CCOc1ccc(NC(=O)C(C)OC(=O)c2ccc(NC(=O)c3ccco3)cc2)cc1. The highest BCUT2D eigenvalue weighted by Gasteiger charge is 2.19. The molecule has 0 aliphatic carbocycles. The van der Waals surface area contributed by atoms with Crippen molar-refractivity contribution >= 4 is 29.2 Å². The quantitative estimate of drug-likeness (QED) is 0.529. The molecule has 0 aliphatic rings. The van der Waals surface area contributed by atoms with Crippen LogP contribution in [0.15, 0.2) is 71.3 Å². The number of carbonyl (C=O) groups excluding carboxylic acids is 3. The van der Waals surface area contributed by atoms with E-state index < -0.39 is 23.9 Å². The molecule has 2 aromatic carbocycles. The van der Waals surface area contributed by atoms with Crippen LogP contribution in [0.4, 0.5) is 11.4 Å². The number of hydrogen-bond acceptors (Lipinski definition) is 6.